The highest BCUT2D eigenvalue weighted by Gasteiger charge is 2.11. The summed E-state index contributed by atoms with van der Waals surface area (Å²) >= 11 is 0. The normalized spacial score (nSPS) is 10.6. The number of aromatic nitrogens is 2. The largest absolute Gasteiger partial charge is 0.326 e. The first-order chi connectivity index (χ1) is 11.9. The quantitative estimate of drug-likeness (QED) is 0.677. The molecule has 25 heavy (non-hydrogen) atoms. The minimum Gasteiger partial charge on any atom is -0.326 e. The number of H-pyrrole nitrogens is 1. The van der Waals surface area contributed by atoms with Gasteiger partial charge in [-0.15, -0.1) is 0 Å². The van der Waals surface area contributed by atoms with Crippen LogP contribution in [-0.4, -0.2) is 21.4 Å². The Bertz CT molecular complexity index is 1000. The molecule has 2 amide bonds. The van der Waals surface area contributed by atoms with Crippen molar-refractivity contribution in [2.75, 3.05) is 10.6 Å². The van der Waals surface area contributed by atoms with Gasteiger partial charge in [0, 0.05) is 18.3 Å². The molecule has 0 spiro atoms. The molecular weight excluding hydrogens is 327 g/mol. The molecule has 0 radical (unpaired) electrons. The highest BCUT2D eigenvalue weighted by atomic mass is 19.1. The number of amides is 2. The predicted molar refractivity (Wildman–Crippen MR) is 91.9 cm³/mol. The van der Waals surface area contributed by atoms with Crippen molar-refractivity contribution in [3.63, 3.8) is 0 Å². The van der Waals surface area contributed by atoms with Crippen LogP contribution in [0.4, 0.5) is 15.8 Å². The molecule has 0 atom stereocenters. The van der Waals surface area contributed by atoms with E-state index in [1.165, 1.54) is 29.7 Å². The third kappa shape index (κ3) is 3.74. The third-order valence-corrected chi connectivity index (χ3v) is 3.53. The summed E-state index contributed by atoms with van der Waals surface area (Å²) in [6.07, 6.45) is 0. The summed E-state index contributed by atoms with van der Waals surface area (Å²) in [7, 11) is 0. The second kappa shape index (κ2) is 6.60. The molecule has 0 saturated carbocycles. The Balaban J connectivity index is 1.74. The molecule has 128 valence electrons. The van der Waals surface area contributed by atoms with Gasteiger partial charge in [-0.2, -0.15) is 0 Å². The summed E-state index contributed by atoms with van der Waals surface area (Å²) in [5, 5.41) is 5.29. The van der Waals surface area contributed by atoms with Crippen molar-refractivity contribution in [3.05, 3.63) is 58.8 Å². The number of hydrogen-bond donors (Lipinski definition) is 3. The number of rotatable bonds is 4. The van der Waals surface area contributed by atoms with Gasteiger partial charge in [0.15, 0.2) is 0 Å². The van der Waals surface area contributed by atoms with Crippen molar-refractivity contribution < 1.29 is 14.0 Å². The fraction of sp³-hybridized carbons (Fsp3) is 0.118. The Morgan fingerprint density at radius 1 is 1.08 bits per heavy atom. The maximum Gasteiger partial charge on any atom is 0.326 e. The van der Waals surface area contributed by atoms with Crippen LogP contribution >= 0.6 is 0 Å². The van der Waals surface area contributed by atoms with Crippen LogP contribution in [0.3, 0.4) is 0 Å². The van der Waals surface area contributed by atoms with Gasteiger partial charge in [-0.25, -0.2) is 9.18 Å². The lowest BCUT2D eigenvalue weighted by Gasteiger charge is -2.08. The topological polar surface area (TPSA) is 96.0 Å². The van der Waals surface area contributed by atoms with Gasteiger partial charge in [0.25, 0.3) is 0 Å². The van der Waals surface area contributed by atoms with E-state index in [4.69, 9.17) is 0 Å². The number of carbonyl (C=O) groups excluding carboxylic acids is 2. The number of nitrogens with one attached hydrogen (secondary N) is 3. The lowest BCUT2D eigenvalue weighted by atomic mass is 10.2. The number of imidazole rings is 1. The molecule has 0 aliphatic heterocycles. The van der Waals surface area contributed by atoms with Gasteiger partial charge in [-0.3, -0.25) is 14.2 Å². The molecule has 3 N–H and O–H groups in total. The monoisotopic (exact) mass is 342 g/mol. The van der Waals surface area contributed by atoms with Crippen molar-refractivity contribution in [2.45, 2.75) is 13.5 Å². The number of fused-ring (bicyclic) bond motifs is 1. The van der Waals surface area contributed by atoms with E-state index in [-0.39, 0.29) is 12.5 Å². The molecule has 8 heteroatoms. The van der Waals surface area contributed by atoms with Gasteiger partial charge in [-0.05, 0) is 42.5 Å². The van der Waals surface area contributed by atoms with E-state index in [0.717, 1.165) is 0 Å². The molecule has 1 heterocycles. The van der Waals surface area contributed by atoms with Crippen LogP contribution in [0.5, 0.6) is 0 Å². The minimum atomic E-state index is -0.489. The van der Waals surface area contributed by atoms with Gasteiger partial charge in [0.05, 0.1) is 11.0 Å². The number of hydrogen-bond acceptors (Lipinski definition) is 3. The lowest BCUT2D eigenvalue weighted by molar-refractivity contribution is -0.117. The van der Waals surface area contributed by atoms with Crippen molar-refractivity contribution in [1.29, 1.82) is 0 Å². The number of nitrogens with zero attached hydrogens (tertiary/aromatic N) is 1. The molecule has 3 aromatic rings. The number of benzene rings is 2. The number of anilines is 2. The van der Waals surface area contributed by atoms with Crippen molar-refractivity contribution in [1.82, 2.24) is 9.55 Å². The maximum atomic E-state index is 13.2. The van der Waals surface area contributed by atoms with Crippen LogP contribution < -0.4 is 16.3 Å². The lowest BCUT2D eigenvalue weighted by Crippen LogP contribution is -2.25. The second-order valence-corrected chi connectivity index (χ2v) is 5.48. The Morgan fingerprint density at radius 3 is 2.36 bits per heavy atom. The SMILES string of the molecule is CC(=O)Nc1ccc(NC(=O)Cn2c(=O)[nH]c3cc(F)ccc32)cc1. The van der Waals surface area contributed by atoms with E-state index in [9.17, 15) is 18.8 Å². The van der Waals surface area contributed by atoms with E-state index in [0.29, 0.717) is 22.4 Å². The first kappa shape index (κ1) is 16.4. The van der Waals surface area contributed by atoms with E-state index in [1.54, 1.807) is 24.3 Å². The van der Waals surface area contributed by atoms with E-state index in [1.807, 2.05) is 0 Å². The van der Waals surface area contributed by atoms with Crippen LogP contribution in [0.15, 0.2) is 47.3 Å². The van der Waals surface area contributed by atoms with Crippen LogP contribution in [0.2, 0.25) is 0 Å². The molecule has 0 aliphatic rings. The fourth-order valence-electron chi connectivity index (χ4n) is 2.48. The molecule has 3 rings (SSSR count). The van der Waals surface area contributed by atoms with Crippen molar-refractivity contribution in [3.8, 4) is 0 Å². The average molecular weight is 342 g/mol. The Kier molecular flexibility index (Phi) is 4.34. The van der Waals surface area contributed by atoms with Crippen molar-refractivity contribution in [2.24, 2.45) is 0 Å². The van der Waals surface area contributed by atoms with Crippen LogP contribution in [0.25, 0.3) is 11.0 Å². The van der Waals surface area contributed by atoms with Crippen molar-refractivity contribution >= 4 is 34.2 Å². The van der Waals surface area contributed by atoms with Crippen LogP contribution in [-0.2, 0) is 16.1 Å². The fourth-order valence-corrected chi connectivity index (χ4v) is 2.48. The number of halogens is 1. The zero-order valence-corrected chi connectivity index (χ0v) is 13.3. The third-order valence-electron chi connectivity index (χ3n) is 3.53. The molecule has 2 aromatic carbocycles. The Morgan fingerprint density at radius 2 is 1.72 bits per heavy atom. The Labute approximate surface area is 141 Å². The smallest absolute Gasteiger partial charge is 0.326 e. The first-order valence-corrected chi connectivity index (χ1v) is 7.48. The minimum absolute atomic E-state index is 0.188. The first-order valence-electron chi connectivity index (χ1n) is 7.48. The highest BCUT2D eigenvalue weighted by molar-refractivity contribution is 5.92. The average Bonchev–Trinajstić information content (AvgIpc) is 2.83. The summed E-state index contributed by atoms with van der Waals surface area (Å²) in [4.78, 5) is 37.6. The van der Waals surface area contributed by atoms with Gasteiger partial charge in [0.2, 0.25) is 11.8 Å². The van der Waals surface area contributed by atoms with Crippen LogP contribution in [0, 0.1) is 5.82 Å². The van der Waals surface area contributed by atoms with Gasteiger partial charge >= 0.3 is 5.69 Å². The van der Waals surface area contributed by atoms with E-state index < -0.39 is 17.4 Å². The zero-order valence-electron chi connectivity index (χ0n) is 13.3. The van der Waals surface area contributed by atoms with Gasteiger partial charge in [0.1, 0.15) is 12.4 Å². The van der Waals surface area contributed by atoms with E-state index >= 15 is 0 Å². The molecule has 1 aromatic heterocycles. The summed E-state index contributed by atoms with van der Waals surface area (Å²) in [5.74, 6) is -1.06. The zero-order chi connectivity index (χ0) is 18.0. The maximum absolute atomic E-state index is 13.2. The molecular formula is C17H15FN4O3. The summed E-state index contributed by atoms with van der Waals surface area (Å²) in [6, 6.07) is 10.4. The molecule has 0 fully saturated rings. The summed E-state index contributed by atoms with van der Waals surface area (Å²) in [5.41, 5.74) is 1.43. The summed E-state index contributed by atoms with van der Waals surface area (Å²) in [6.45, 7) is 1.19. The van der Waals surface area contributed by atoms with Gasteiger partial charge in [-0.1, -0.05) is 0 Å². The molecule has 0 aliphatic carbocycles. The standard InChI is InChI=1S/C17H15FN4O3/c1-10(23)19-12-3-5-13(6-4-12)20-16(24)9-22-15-7-2-11(18)8-14(15)21-17(22)25/h2-8H,9H2,1H3,(H,19,23)(H,20,24)(H,21,25). The van der Waals surface area contributed by atoms with E-state index in [2.05, 4.69) is 15.6 Å². The predicted octanol–water partition coefficient (Wildman–Crippen LogP) is 2.07. The number of aromatic amines is 1. The molecule has 0 bridgehead atoms. The number of carbonyl (C=O) groups is 2. The molecule has 0 saturated heterocycles. The van der Waals surface area contributed by atoms with Gasteiger partial charge < -0.3 is 15.6 Å². The molecule has 0 unspecified atom stereocenters. The Hall–Kier alpha value is -3.42. The van der Waals surface area contributed by atoms with Crippen LogP contribution in [0.1, 0.15) is 6.92 Å². The highest BCUT2D eigenvalue weighted by Crippen LogP contribution is 2.15. The molecule has 7 nitrogen and oxygen atoms in total. The second-order valence-electron chi connectivity index (χ2n) is 5.48. The summed E-state index contributed by atoms with van der Waals surface area (Å²) < 4.78 is 14.4.